The largest absolute Gasteiger partial charge is 0.481 e. The number of thiophene rings is 1. The van der Waals surface area contributed by atoms with E-state index in [1.165, 1.54) is 11.3 Å². The van der Waals surface area contributed by atoms with Crippen LogP contribution in [0.3, 0.4) is 0 Å². The van der Waals surface area contributed by atoms with Crippen LogP contribution < -0.4 is 5.73 Å². The molecule has 0 aliphatic heterocycles. The number of carboxylic acid groups (broad SMARTS) is 1. The van der Waals surface area contributed by atoms with Crippen molar-refractivity contribution in [3.8, 4) is 0 Å². The first kappa shape index (κ1) is 9.73. The first-order valence-electron chi connectivity index (χ1n) is 3.64. The molecular weight excluding hydrogens is 190 g/mol. The minimum atomic E-state index is -1.02. The Kier molecular flexibility index (Phi) is 3.02. The predicted molar refractivity (Wildman–Crippen MR) is 48.5 cm³/mol. The Morgan fingerprint density at radius 2 is 2.31 bits per heavy atom. The number of carbonyl (C=O) groups is 2. The SMILES string of the molecule is NC(=O)CC(C(=O)O)c1ccsc1. The van der Waals surface area contributed by atoms with E-state index in [0.717, 1.165) is 0 Å². The fraction of sp³-hybridized carbons (Fsp3) is 0.250. The van der Waals surface area contributed by atoms with E-state index < -0.39 is 17.8 Å². The number of carboxylic acids is 1. The second-order valence-electron chi connectivity index (χ2n) is 2.62. The Morgan fingerprint density at radius 1 is 1.62 bits per heavy atom. The summed E-state index contributed by atoms with van der Waals surface area (Å²) in [6.45, 7) is 0. The minimum Gasteiger partial charge on any atom is -0.481 e. The van der Waals surface area contributed by atoms with Gasteiger partial charge in [-0.1, -0.05) is 0 Å². The summed E-state index contributed by atoms with van der Waals surface area (Å²) in [5, 5.41) is 12.3. The molecule has 0 aliphatic carbocycles. The second kappa shape index (κ2) is 4.04. The van der Waals surface area contributed by atoms with Gasteiger partial charge in [0.15, 0.2) is 0 Å². The summed E-state index contributed by atoms with van der Waals surface area (Å²) < 4.78 is 0. The summed E-state index contributed by atoms with van der Waals surface area (Å²) >= 11 is 1.40. The monoisotopic (exact) mass is 199 g/mol. The number of primary amides is 1. The zero-order valence-electron chi connectivity index (χ0n) is 6.77. The standard InChI is InChI=1S/C8H9NO3S/c9-7(10)3-6(8(11)12)5-1-2-13-4-5/h1-2,4,6H,3H2,(H2,9,10)(H,11,12). The lowest BCUT2D eigenvalue weighted by Gasteiger charge is -2.07. The summed E-state index contributed by atoms with van der Waals surface area (Å²) in [5.41, 5.74) is 5.57. The van der Waals surface area contributed by atoms with Gasteiger partial charge in [-0.2, -0.15) is 11.3 Å². The zero-order valence-corrected chi connectivity index (χ0v) is 7.58. The van der Waals surface area contributed by atoms with Crippen LogP contribution in [0.1, 0.15) is 17.9 Å². The highest BCUT2D eigenvalue weighted by atomic mass is 32.1. The molecule has 0 aliphatic rings. The Labute approximate surface area is 79.0 Å². The Hall–Kier alpha value is -1.36. The number of aliphatic carboxylic acids is 1. The molecule has 0 spiro atoms. The average Bonchev–Trinajstić information content (AvgIpc) is 2.50. The molecule has 0 fully saturated rings. The third-order valence-electron chi connectivity index (χ3n) is 1.65. The van der Waals surface area contributed by atoms with E-state index in [1.54, 1.807) is 16.8 Å². The van der Waals surface area contributed by atoms with E-state index in [-0.39, 0.29) is 6.42 Å². The van der Waals surface area contributed by atoms with Gasteiger partial charge < -0.3 is 10.8 Å². The summed E-state index contributed by atoms with van der Waals surface area (Å²) in [7, 11) is 0. The van der Waals surface area contributed by atoms with Crippen LogP contribution >= 0.6 is 11.3 Å². The van der Waals surface area contributed by atoms with Gasteiger partial charge in [0.25, 0.3) is 0 Å². The highest BCUT2D eigenvalue weighted by Crippen LogP contribution is 2.21. The number of nitrogens with two attached hydrogens (primary N) is 1. The number of carbonyl (C=O) groups excluding carboxylic acids is 1. The molecule has 0 saturated heterocycles. The van der Waals surface area contributed by atoms with Crippen LogP contribution in [0.5, 0.6) is 0 Å². The fourth-order valence-corrected chi connectivity index (χ4v) is 1.74. The lowest BCUT2D eigenvalue weighted by Crippen LogP contribution is -2.20. The molecular formula is C8H9NO3S. The average molecular weight is 199 g/mol. The first-order chi connectivity index (χ1) is 6.11. The lowest BCUT2D eigenvalue weighted by atomic mass is 9.99. The molecule has 1 atom stereocenters. The molecule has 0 aromatic carbocycles. The van der Waals surface area contributed by atoms with Crippen molar-refractivity contribution >= 4 is 23.2 Å². The van der Waals surface area contributed by atoms with Crippen molar-refractivity contribution in [1.29, 1.82) is 0 Å². The molecule has 1 unspecified atom stereocenters. The minimum absolute atomic E-state index is 0.147. The van der Waals surface area contributed by atoms with Crippen molar-refractivity contribution < 1.29 is 14.7 Å². The van der Waals surface area contributed by atoms with Crippen LogP contribution in [-0.4, -0.2) is 17.0 Å². The van der Waals surface area contributed by atoms with Crippen LogP contribution in [0.2, 0.25) is 0 Å². The lowest BCUT2D eigenvalue weighted by molar-refractivity contribution is -0.140. The Balaban J connectivity index is 2.81. The van der Waals surface area contributed by atoms with E-state index >= 15 is 0 Å². The summed E-state index contributed by atoms with van der Waals surface area (Å²) in [4.78, 5) is 21.3. The van der Waals surface area contributed by atoms with Crippen LogP contribution in [0.25, 0.3) is 0 Å². The van der Waals surface area contributed by atoms with Crippen LogP contribution in [0, 0.1) is 0 Å². The van der Waals surface area contributed by atoms with E-state index in [1.807, 2.05) is 0 Å². The van der Waals surface area contributed by atoms with Crippen molar-refractivity contribution in [2.75, 3.05) is 0 Å². The third-order valence-corrected chi connectivity index (χ3v) is 2.35. The first-order valence-corrected chi connectivity index (χ1v) is 4.58. The van der Waals surface area contributed by atoms with Crippen molar-refractivity contribution in [1.82, 2.24) is 0 Å². The maximum absolute atomic E-state index is 10.7. The molecule has 4 nitrogen and oxygen atoms in total. The van der Waals surface area contributed by atoms with Crippen molar-refractivity contribution in [2.24, 2.45) is 5.73 Å². The molecule has 0 bridgehead atoms. The Morgan fingerprint density at radius 3 is 2.69 bits per heavy atom. The zero-order chi connectivity index (χ0) is 9.84. The molecule has 0 radical (unpaired) electrons. The summed E-state index contributed by atoms with van der Waals surface area (Å²) in [6, 6.07) is 1.69. The molecule has 1 amide bonds. The van der Waals surface area contributed by atoms with Gasteiger partial charge in [0.1, 0.15) is 0 Å². The topological polar surface area (TPSA) is 80.4 Å². The number of hydrogen-bond acceptors (Lipinski definition) is 3. The third kappa shape index (κ3) is 2.55. The van der Waals surface area contributed by atoms with E-state index in [4.69, 9.17) is 10.8 Å². The fourth-order valence-electron chi connectivity index (χ4n) is 1.02. The molecule has 1 heterocycles. The molecule has 1 aromatic heterocycles. The summed E-state index contributed by atoms with van der Waals surface area (Å²) in [6.07, 6.45) is -0.147. The van der Waals surface area contributed by atoms with Gasteiger partial charge >= 0.3 is 5.97 Å². The molecule has 5 heteroatoms. The van der Waals surface area contributed by atoms with Gasteiger partial charge in [-0.25, -0.2) is 0 Å². The number of amides is 1. The van der Waals surface area contributed by atoms with Gasteiger partial charge in [0.05, 0.1) is 5.92 Å². The van der Waals surface area contributed by atoms with Crippen molar-refractivity contribution in [3.05, 3.63) is 22.4 Å². The maximum atomic E-state index is 10.7. The van der Waals surface area contributed by atoms with Gasteiger partial charge in [0.2, 0.25) is 5.91 Å². The van der Waals surface area contributed by atoms with E-state index in [9.17, 15) is 9.59 Å². The molecule has 0 saturated carbocycles. The van der Waals surface area contributed by atoms with Gasteiger partial charge in [-0.05, 0) is 22.4 Å². The quantitative estimate of drug-likeness (QED) is 0.752. The Bertz CT molecular complexity index is 307. The molecule has 3 N–H and O–H groups in total. The van der Waals surface area contributed by atoms with E-state index in [0.29, 0.717) is 5.56 Å². The van der Waals surface area contributed by atoms with Crippen LogP contribution in [-0.2, 0) is 9.59 Å². The predicted octanol–water partition coefficient (Wildman–Crippen LogP) is 0.792. The molecule has 13 heavy (non-hydrogen) atoms. The normalized spacial score (nSPS) is 12.3. The van der Waals surface area contributed by atoms with Crippen LogP contribution in [0.15, 0.2) is 16.8 Å². The van der Waals surface area contributed by atoms with Gasteiger partial charge in [-0.15, -0.1) is 0 Å². The number of rotatable bonds is 4. The van der Waals surface area contributed by atoms with Crippen LogP contribution in [0.4, 0.5) is 0 Å². The van der Waals surface area contributed by atoms with Gasteiger partial charge in [0, 0.05) is 6.42 Å². The van der Waals surface area contributed by atoms with Gasteiger partial charge in [-0.3, -0.25) is 9.59 Å². The van der Waals surface area contributed by atoms with E-state index in [2.05, 4.69) is 0 Å². The second-order valence-corrected chi connectivity index (χ2v) is 3.40. The summed E-state index contributed by atoms with van der Waals surface area (Å²) in [5.74, 6) is -2.42. The highest BCUT2D eigenvalue weighted by molar-refractivity contribution is 7.08. The molecule has 70 valence electrons. The molecule has 1 rings (SSSR count). The van der Waals surface area contributed by atoms with Crippen molar-refractivity contribution in [2.45, 2.75) is 12.3 Å². The molecule has 1 aromatic rings. The maximum Gasteiger partial charge on any atom is 0.311 e. The highest BCUT2D eigenvalue weighted by Gasteiger charge is 2.22. The van der Waals surface area contributed by atoms with Crippen molar-refractivity contribution in [3.63, 3.8) is 0 Å². The number of hydrogen-bond donors (Lipinski definition) is 2. The smallest absolute Gasteiger partial charge is 0.311 e.